The van der Waals surface area contributed by atoms with Crippen LogP contribution < -0.4 is 5.32 Å². The second-order valence-corrected chi connectivity index (χ2v) is 8.47. The number of hydrogen-bond acceptors (Lipinski definition) is 5. The molecule has 1 aromatic carbocycles. The number of fused-ring (bicyclic) bond motifs is 1. The minimum atomic E-state index is -3.79. The number of nitrogens with zero attached hydrogens (tertiary/aromatic N) is 4. The lowest BCUT2D eigenvalue weighted by Gasteiger charge is -2.18. The van der Waals surface area contributed by atoms with Gasteiger partial charge >= 0.3 is 0 Å². The molecule has 1 atom stereocenters. The molecule has 1 N–H and O–H groups in total. The molecule has 0 aliphatic rings. The number of nitrogens with one attached hydrogen (secondary N) is 1. The van der Waals surface area contributed by atoms with E-state index in [1.807, 2.05) is 12.1 Å². The van der Waals surface area contributed by atoms with Crippen LogP contribution in [0.4, 0.5) is 0 Å². The monoisotopic (exact) mass is 407 g/mol. The highest BCUT2D eigenvalue weighted by Crippen LogP contribution is 2.17. The molecule has 8 nitrogen and oxygen atoms in total. The van der Waals surface area contributed by atoms with Gasteiger partial charge in [-0.1, -0.05) is 17.7 Å². The predicted molar refractivity (Wildman–Crippen MR) is 101 cm³/mol. The van der Waals surface area contributed by atoms with Gasteiger partial charge in [-0.15, -0.1) is 10.2 Å². The van der Waals surface area contributed by atoms with Crippen LogP contribution in [0, 0.1) is 0 Å². The molecule has 0 aliphatic carbocycles. The topological polar surface area (TPSA) is 96.7 Å². The van der Waals surface area contributed by atoms with Gasteiger partial charge in [-0.25, -0.2) is 8.42 Å². The van der Waals surface area contributed by atoms with Crippen LogP contribution in [-0.2, 0) is 14.8 Å². The van der Waals surface area contributed by atoms with E-state index in [2.05, 4.69) is 15.5 Å². The van der Waals surface area contributed by atoms with Crippen molar-refractivity contribution in [3.63, 3.8) is 0 Å². The van der Waals surface area contributed by atoms with Crippen LogP contribution in [-0.4, -0.2) is 46.8 Å². The van der Waals surface area contributed by atoms with Crippen LogP contribution in [0.3, 0.4) is 0 Å². The van der Waals surface area contributed by atoms with Crippen LogP contribution >= 0.6 is 11.6 Å². The fourth-order valence-corrected chi connectivity index (χ4v) is 3.83. The first-order valence-corrected chi connectivity index (χ1v) is 9.92. The highest BCUT2D eigenvalue weighted by molar-refractivity contribution is 7.89. The average molecular weight is 408 g/mol. The minimum absolute atomic E-state index is 0.0682. The van der Waals surface area contributed by atoms with Gasteiger partial charge in [0, 0.05) is 18.3 Å². The Morgan fingerprint density at radius 2 is 1.93 bits per heavy atom. The molecule has 3 rings (SSSR count). The van der Waals surface area contributed by atoms with Crippen LogP contribution in [0.15, 0.2) is 53.6 Å². The zero-order valence-electron chi connectivity index (χ0n) is 14.7. The number of amides is 1. The minimum Gasteiger partial charge on any atom is -0.345 e. The van der Waals surface area contributed by atoms with E-state index >= 15 is 0 Å². The molecule has 142 valence electrons. The number of pyridine rings is 1. The Bertz CT molecular complexity index is 1070. The van der Waals surface area contributed by atoms with Gasteiger partial charge in [0.2, 0.25) is 15.9 Å². The van der Waals surface area contributed by atoms with Crippen molar-refractivity contribution in [2.75, 3.05) is 13.6 Å². The smallest absolute Gasteiger partial charge is 0.243 e. The lowest BCUT2D eigenvalue weighted by Crippen LogP contribution is -2.39. The Labute approximate surface area is 161 Å². The van der Waals surface area contributed by atoms with Gasteiger partial charge in [-0.2, -0.15) is 4.31 Å². The van der Waals surface area contributed by atoms with Gasteiger partial charge in [0.25, 0.3) is 0 Å². The van der Waals surface area contributed by atoms with E-state index in [9.17, 15) is 13.2 Å². The molecule has 2 aromatic heterocycles. The number of carbonyl (C=O) groups excluding carboxylic acids is 1. The first-order valence-electron chi connectivity index (χ1n) is 8.10. The lowest BCUT2D eigenvalue weighted by molar-refractivity contribution is -0.121. The highest BCUT2D eigenvalue weighted by Gasteiger charge is 2.24. The number of hydrogen-bond donors (Lipinski definition) is 1. The van der Waals surface area contributed by atoms with E-state index in [0.717, 1.165) is 4.31 Å². The quantitative estimate of drug-likeness (QED) is 0.673. The summed E-state index contributed by atoms with van der Waals surface area (Å²) in [6.07, 6.45) is 1.80. The number of aromatic nitrogens is 3. The maximum atomic E-state index is 12.5. The molecule has 0 saturated carbocycles. The molecule has 2 heterocycles. The van der Waals surface area contributed by atoms with Gasteiger partial charge in [-0.05, 0) is 43.3 Å². The number of benzene rings is 1. The molecule has 0 saturated heterocycles. The first-order chi connectivity index (χ1) is 12.8. The van der Waals surface area contributed by atoms with Crippen molar-refractivity contribution in [2.24, 2.45) is 0 Å². The zero-order valence-corrected chi connectivity index (χ0v) is 16.3. The summed E-state index contributed by atoms with van der Waals surface area (Å²) in [5.74, 6) is 0.109. The molecule has 1 unspecified atom stereocenters. The fourth-order valence-electron chi connectivity index (χ4n) is 2.58. The molecule has 0 aliphatic heterocycles. The third kappa shape index (κ3) is 4.10. The van der Waals surface area contributed by atoms with E-state index in [0.29, 0.717) is 16.5 Å². The zero-order chi connectivity index (χ0) is 19.6. The summed E-state index contributed by atoms with van der Waals surface area (Å²) in [5.41, 5.74) is 0.663. The maximum Gasteiger partial charge on any atom is 0.243 e. The van der Waals surface area contributed by atoms with E-state index in [1.54, 1.807) is 23.6 Å². The van der Waals surface area contributed by atoms with Crippen molar-refractivity contribution in [3.8, 4) is 0 Å². The van der Waals surface area contributed by atoms with E-state index in [1.165, 1.54) is 31.3 Å². The molecule has 27 heavy (non-hydrogen) atoms. The Morgan fingerprint density at radius 3 is 2.63 bits per heavy atom. The van der Waals surface area contributed by atoms with Crippen LogP contribution in [0.5, 0.6) is 0 Å². The third-order valence-corrected chi connectivity index (χ3v) is 6.06. The molecular formula is C17H18ClN5O3S. The van der Waals surface area contributed by atoms with Gasteiger partial charge in [0.1, 0.15) is 0 Å². The maximum absolute atomic E-state index is 12.5. The Morgan fingerprint density at radius 1 is 1.22 bits per heavy atom. The van der Waals surface area contributed by atoms with Crippen LogP contribution in [0.25, 0.3) is 5.65 Å². The second kappa shape index (κ2) is 7.63. The Balaban J connectivity index is 1.68. The van der Waals surface area contributed by atoms with E-state index in [4.69, 9.17) is 11.6 Å². The summed E-state index contributed by atoms with van der Waals surface area (Å²) in [7, 11) is -2.45. The SMILES string of the molecule is CC(NC(=O)CN(C)S(=O)(=O)c1ccc(Cl)cc1)c1nnc2ccccn12. The fraction of sp³-hybridized carbons (Fsp3) is 0.235. The molecule has 10 heteroatoms. The number of likely N-dealkylation sites (N-methyl/N-ethyl adjacent to an activating group) is 1. The standard InChI is InChI=1S/C17H18ClN5O3S/c1-12(17-21-20-15-5-3-4-10-23(15)17)19-16(24)11-22(2)27(25,26)14-8-6-13(18)7-9-14/h3-10,12H,11H2,1-2H3,(H,19,24). The molecule has 0 fully saturated rings. The largest absolute Gasteiger partial charge is 0.345 e. The van der Waals surface area contributed by atoms with Crippen molar-refractivity contribution in [1.82, 2.24) is 24.2 Å². The second-order valence-electron chi connectivity index (χ2n) is 5.99. The summed E-state index contributed by atoms with van der Waals surface area (Å²) in [6, 6.07) is 10.8. The summed E-state index contributed by atoms with van der Waals surface area (Å²) in [4.78, 5) is 12.4. The molecule has 0 bridgehead atoms. The molecular weight excluding hydrogens is 390 g/mol. The molecule has 0 spiro atoms. The van der Waals surface area contributed by atoms with E-state index in [-0.39, 0.29) is 11.4 Å². The number of carbonyl (C=O) groups is 1. The molecule has 0 radical (unpaired) electrons. The van der Waals surface area contributed by atoms with Crippen molar-refractivity contribution >= 4 is 33.2 Å². The van der Waals surface area contributed by atoms with Crippen molar-refractivity contribution in [3.05, 3.63) is 59.5 Å². The normalized spacial score (nSPS) is 13.0. The summed E-state index contributed by atoms with van der Waals surface area (Å²) in [5, 5.41) is 11.3. The summed E-state index contributed by atoms with van der Waals surface area (Å²) < 4.78 is 27.8. The van der Waals surface area contributed by atoms with Crippen LogP contribution in [0.2, 0.25) is 5.02 Å². The highest BCUT2D eigenvalue weighted by atomic mass is 35.5. The van der Waals surface area contributed by atoms with Gasteiger partial charge in [0.15, 0.2) is 11.5 Å². The summed E-state index contributed by atoms with van der Waals surface area (Å²) >= 11 is 5.79. The van der Waals surface area contributed by atoms with Crippen LogP contribution in [0.1, 0.15) is 18.8 Å². The number of sulfonamides is 1. The van der Waals surface area contributed by atoms with Gasteiger partial charge < -0.3 is 5.32 Å². The van der Waals surface area contributed by atoms with Crippen molar-refractivity contribution in [2.45, 2.75) is 17.9 Å². The van der Waals surface area contributed by atoms with E-state index < -0.39 is 22.0 Å². The summed E-state index contributed by atoms with van der Waals surface area (Å²) in [6.45, 7) is 1.43. The van der Waals surface area contributed by atoms with Gasteiger partial charge in [0.05, 0.1) is 17.5 Å². The average Bonchev–Trinajstić information content (AvgIpc) is 3.06. The molecule has 3 aromatic rings. The lowest BCUT2D eigenvalue weighted by atomic mass is 10.3. The molecule has 1 amide bonds. The third-order valence-electron chi connectivity index (χ3n) is 3.99. The number of rotatable bonds is 6. The first kappa shape index (κ1) is 19.3. The van der Waals surface area contributed by atoms with Gasteiger partial charge in [-0.3, -0.25) is 9.20 Å². The Kier molecular flexibility index (Phi) is 5.45. The Hall–Kier alpha value is -2.49. The van der Waals surface area contributed by atoms with Crippen molar-refractivity contribution < 1.29 is 13.2 Å². The predicted octanol–water partition coefficient (Wildman–Crippen LogP) is 1.88. The van der Waals surface area contributed by atoms with Crippen molar-refractivity contribution in [1.29, 1.82) is 0 Å². The number of halogens is 1.